The second kappa shape index (κ2) is 10.4. The molecule has 1 fully saturated rings. The van der Waals surface area contributed by atoms with E-state index in [4.69, 9.17) is 4.74 Å². The van der Waals surface area contributed by atoms with Crippen LogP contribution in [0.2, 0.25) is 0 Å². The fourth-order valence-electron chi connectivity index (χ4n) is 4.35. The number of hydrogen-bond donors (Lipinski definition) is 1. The fourth-order valence-corrected chi connectivity index (χ4v) is 4.35. The molecule has 4 rings (SSSR count). The van der Waals surface area contributed by atoms with Crippen molar-refractivity contribution in [2.24, 2.45) is 0 Å². The van der Waals surface area contributed by atoms with Crippen LogP contribution < -0.4 is 4.74 Å². The third kappa shape index (κ3) is 6.04. The number of ether oxygens (including phenoxy) is 1. The summed E-state index contributed by atoms with van der Waals surface area (Å²) < 4.78 is 86.1. The van der Waals surface area contributed by atoms with E-state index in [-0.39, 0.29) is 42.7 Å². The van der Waals surface area contributed by atoms with Crippen molar-refractivity contribution in [2.75, 3.05) is 6.61 Å². The molecule has 1 saturated heterocycles. The van der Waals surface area contributed by atoms with Crippen molar-refractivity contribution in [3.05, 3.63) is 94.7 Å². The first-order valence-electron chi connectivity index (χ1n) is 11.3. The topological polar surface area (TPSA) is 62.7 Å². The molecule has 2 heterocycles. The lowest BCUT2D eigenvalue weighted by molar-refractivity contribution is -0.143. The van der Waals surface area contributed by atoms with Gasteiger partial charge >= 0.3 is 12.4 Å². The number of hydrogen-bond acceptors (Lipinski definition) is 4. The Morgan fingerprint density at radius 3 is 2.16 bits per heavy atom. The molecule has 3 aromatic rings. The van der Waals surface area contributed by atoms with E-state index in [0.29, 0.717) is 12.1 Å². The lowest BCUT2D eigenvalue weighted by Gasteiger charge is -2.30. The molecule has 2 atom stereocenters. The van der Waals surface area contributed by atoms with Crippen LogP contribution in [-0.2, 0) is 19.0 Å². The Labute approximate surface area is 208 Å². The molecule has 1 aromatic heterocycles. The summed E-state index contributed by atoms with van der Waals surface area (Å²) >= 11 is 0. The third-order valence-electron chi connectivity index (χ3n) is 6.11. The van der Waals surface area contributed by atoms with E-state index in [1.165, 1.54) is 18.2 Å². The number of carbonyl (C=O) groups is 1. The smallest absolute Gasteiger partial charge is 0.416 e. The number of amides is 1. The largest absolute Gasteiger partial charge is 0.473 e. The van der Waals surface area contributed by atoms with E-state index in [1.807, 2.05) is 30.3 Å². The van der Waals surface area contributed by atoms with Gasteiger partial charge in [-0.3, -0.25) is 4.79 Å². The highest BCUT2D eigenvalue weighted by Crippen LogP contribution is 2.42. The summed E-state index contributed by atoms with van der Waals surface area (Å²) in [5.74, 6) is -0.623. The van der Waals surface area contributed by atoms with Gasteiger partial charge in [0.25, 0.3) is 5.91 Å². The van der Waals surface area contributed by atoms with Gasteiger partial charge in [-0.1, -0.05) is 36.4 Å². The van der Waals surface area contributed by atoms with Crippen molar-refractivity contribution in [2.45, 2.75) is 43.9 Å². The van der Waals surface area contributed by atoms with Gasteiger partial charge in [0.2, 0.25) is 5.88 Å². The maximum Gasteiger partial charge on any atom is 0.416 e. The summed E-state index contributed by atoms with van der Waals surface area (Å²) in [5.41, 5.74) is -2.51. The second-order valence-electron chi connectivity index (χ2n) is 8.62. The van der Waals surface area contributed by atoms with E-state index >= 15 is 0 Å². The quantitative estimate of drug-likeness (QED) is 0.400. The van der Waals surface area contributed by atoms with Crippen molar-refractivity contribution < 1.29 is 41.0 Å². The lowest BCUT2D eigenvalue weighted by Crippen LogP contribution is -2.39. The molecule has 2 aromatic carbocycles. The van der Waals surface area contributed by atoms with E-state index < -0.39 is 48.1 Å². The Morgan fingerprint density at radius 2 is 1.57 bits per heavy atom. The lowest BCUT2D eigenvalue weighted by atomic mass is 9.98. The summed E-state index contributed by atoms with van der Waals surface area (Å²) in [6.07, 6.45) is -9.79. The number of likely N-dealkylation sites (tertiary alicyclic amines) is 1. The summed E-state index contributed by atoms with van der Waals surface area (Å²) in [7, 11) is 0. The highest BCUT2D eigenvalue weighted by Gasteiger charge is 2.42. The number of aromatic nitrogens is 1. The van der Waals surface area contributed by atoms with E-state index in [9.17, 15) is 36.2 Å². The van der Waals surface area contributed by atoms with Crippen LogP contribution >= 0.6 is 0 Å². The van der Waals surface area contributed by atoms with Gasteiger partial charge in [-0.15, -0.1) is 0 Å². The summed E-state index contributed by atoms with van der Waals surface area (Å²) in [5, 5.41) is 9.83. The average Bonchev–Trinajstić information content (AvgIpc) is 3.31. The minimum absolute atomic E-state index is 0.0449. The van der Waals surface area contributed by atoms with Gasteiger partial charge in [0.05, 0.1) is 29.8 Å². The van der Waals surface area contributed by atoms with Gasteiger partial charge < -0.3 is 14.7 Å². The minimum Gasteiger partial charge on any atom is -0.473 e. The predicted molar refractivity (Wildman–Crippen MR) is 120 cm³/mol. The molecule has 1 aliphatic rings. The maximum absolute atomic E-state index is 13.4. The molecule has 37 heavy (non-hydrogen) atoms. The van der Waals surface area contributed by atoms with E-state index in [1.54, 1.807) is 0 Å². The van der Waals surface area contributed by atoms with Crippen LogP contribution in [-0.4, -0.2) is 33.5 Å². The predicted octanol–water partition coefficient (Wildman–Crippen LogP) is 6.04. The zero-order chi connectivity index (χ0) is 26.8. The molecule has 1 N–H and O–H groups in total. The van der Waals surface area contributed by atoms with Crippen molar-refractivity contribution >= 4 is 5.91 Å². The maximum atomic E-state index is 13.4. The van der Waals surface area contributed by atoms with Crippen molar-refractivity contribution in [1.29, 1.82) is 0 Å². The van der Waals surface area contributed by atoms with Gasteiger partial charge in [0, 0.05) is 6.07 Å². The first-order valence-corrected chi connectivity index (χ1v) is 11.3. The van der Waals surface area contributed by atoms with Crippen LogP contribution in [0, 0.1) is 0 Å². The average molecular weight is 524 g/mol. The molecule has 0 bridgehead atoms. The molecule has 11 heteroatoms. The van der Waals surface area contributed by atoms with Crippen LogP contribution in [0.4, 0.5) is 26.3 Å². The molecular formula is C26H22F6N2O3. The van der Waals surface area contributed by atoms with Crippen molar-refractivity contribution in [3.63, 3.8) is 0 Å². The second-order valence-corrected chi connectivity index (χ2v) is 8.62. The first kappa shape index (κ1) is 26.5. The Balaban J connectivity index is 1.66. The minimum atomic E-state index is -5.02. The van der Waals surface area contributed by atoms with Gasteiger partial charge in [-0.25, -0.2) is 4.98 Å². The summed E-state index contributed by atoms with van der Waals surface area (Å²) in [6.45, 7) is -0.348. The van der Waals surface area contributed by atoms with Gasteiger partial charge in [-0.2, -0.15) is 26.3 Å². The Bertz CT molecular complexity index is 1210. The van der Waals surface area contributed by atoms with Crippen molar-refractivity contribution in [3.8, 4) is 5.88 Å². The number of pyridine rings is 1. The van der Waals surface area contributed by atoms with E-state index in [0.717, 1.165) is 10.5 Å². The molecule has 0 spiro atoms. The number of rotatable bonds is 6. The standard InChI is InChI=1S/C26H22F6N2O3/c27-25(28,29)18-11-17(12-19(13-18)26(30,31)32)22-10-9-20(14-35)34(22)24(36)21-7-4-8-23(33-21)37-15-16-5-2-1-3-6-16/h1-8,11-13,20,22,35H,9-10,14-15H2. The number of benzene rings is 2. The molecule has 0 radical (unpaired) electrons. The van der Waals surface area contributed by atoms with Crippen molar-refractivity contribution in [1.82, 2.24) is 9.88 Å². The normalized spacial score (nSPS) is 18.2. The zero-order valence-corrected chi connectivity index (χ0v) is 19.3. The molecular weight excluding hydrogens is 502 g/mol. The molecule has 0 aliphatic carbocycles. The monoisotopic (exact) mass is 524 g/mol. The number of alkyl halides is 6. The highest BCUT2D eigenvalue weighted by atomic mass is 19.4. The Morgan fingerprint density at radius 1 is 0.919 bits per heavy atom. The summed E-state index contributed by atoms with van der Waals surface area (Å²) in [4.78, 5) is 18.7. The molecule has 196 valence electrons. The number of carbonyl (C=O) groups excluding carboxylic acids is 1. The van der Waals surface area contributed by atoms with E-state index in [2.05, 4.69) is 4.98 Å². The molecule has 1 aliphatic heterocycles. The number of halogens is 6. The van der Waals surface area contributed by atoms with Crippen LogP contribution in [0.1, 0.15) is 51.6 Å². The zero-order valence-electron chi connectivity index (χ0n) is 19.3. The fraction of sp³-hybridized carbons (Fsp3) is 0.308. The van der Waals surface area contributed by atoms with Crippen LogP contribution in [0.25, 0.3) is 0 Å². The first-order chi connectivity index (χ1) is 17.5. The number of aliphatic hydroxyl groups excluding tert-OH is 1. The van der Waals surface area contributed by atoms with Crippen LogP contribution in [0.5, 0.6) is 5.88 Å². The number of aliphatic hydroxyl groups is 1. The third-order valence-corrected chi connectivity index (χ3v) is 6.11. The summed E-state index contributed by atoms with van der Waals surface area (Å²) in [6, 6.07) is 12.9. The SMILES string of the molecule is O=C(c1cccc(OCc2ccccc2)n1)N1C(CO)CCC1c1cc(C(F)(F)F)cc(C(F)(F)F)c1. The van der Waals surface area contributed by atoms with Gasteiger partial charge in [0.1, 0.15) is 12.3 Å². The highest BCUT2D eigenvalue weighted by molar-refractivity contribution is 5.93. The molecule has 5 nitrogen and oxygen atoms in total. The van der Waals surface area contributed by atoms with Gasteiger partial charge in [0.15, 0.2) is 0 Å². The molecule has 2 unspecified atom stereocenters. The van der Waals surface area contributed by atoms with Gasteiger partial charge in [-0.05, 0) is 48.2 Å². The Hall–Kier alpha value is -3.60. The number of nitrogens with zero attached hydrogens (tertiary/aromatic N) is 2. The molecule has 1 amide bonds. The van der Waals surface area contributed by atoms with Crippen LogP contribution in [0.15, 0.2) is 66.7 Å². The van der Waals surface area contributed by atoms with Crippen LogP contribution in [0.3, 0.4) is 0 Å². The molecule has 0 saturated carbocycles. The Kier molecular flexibility index (Phi) is 7.44.